The maximum atomic E-state index is 12.7. The molecule has 24 heavy (non-hydrogen) atoms. The van der Waals surface area contributed by atoms with Gasteiger partial charge in [0.25, 0.3) is 5.69 Å². The number of benzene rings is 2. The quantitative estimate of drug-likeness (QED) is 0.392. The van der Waals surface area contributed by atoms with Crippen LogP contribution in [0, 0.1) is 10.1 Å². The molecular weight excluding hydrogens is 327 g/mol. The maximum Gasteiger partial charge on any atom is 0.416 e. The van der Waals surface area contributed by atoms with Gasteiger partial charge in [-0.3, -0.25) is 10.1 Å². The lowest BCUT2D eigenvalue weighted by atomic mass is 9.99. The summed E-state index contributed by atoms with van der Waals surface area (Å²) in [6.45, 7) is 0. The van der Waals surface area contributed by atoms with Crippen molar-refractivity contribution in [3.63, 3.8) is 0 Å². The zero-order chi connectivity index (χ0) is 17.9. The topological polar surface area (TPSA) is 80.4 Å². The SMILES string of the molecule is O=C(O)/C(=C\c1ccccc1)c1ccc(C(F)(F)F)cc1[N+](=O)[O-]. The summed E-state index contributed by atoms with van der Waals surface area (Å²) in [5, 5.41) is 20.4. The van der Waals surface area contributed by atoms with Gasteiger partial charge in [-0.05, 0) is 23.8 Å². The molecule has 0 unspecified atom stereocenters. The maximum absolute atomic E-state index is 12.7. The number of hydrogen-bond donors (Lipinski definition) is 1. The molecule has 0 fully saturated rings. The van der Waals surface area contributed by atoms with Crippen LogP contribution in [0.15, 0.2) is 48.5 Å². The summed E-state index contributed by atoms with van der Waals surface area (Å²) in [5.74, 6) is -1.48. The molecule has 0 amide bonds. The van der Waals surface area contributed by atoms with Gasteiger partial charge in [0.2, 0.25) is 0 Å². The molecule has 124 valence electrons. The third-order valence-electron chi connectivity index (χ3n) is 3.15. The Morgan fingerprint density at radius 2 is 1.75 bits per heavy atom. The summed E-state index contributed by atoms with van der Waals surface area (Å²) in [4.78, 5) is 21.5. The average molecular weight is 337 g/mol. The molecule has 0 radical (unpaired) electrons. The van der Waals surface area contributed by atoms with E-state index in [1.165, 1.54) is 0 Å². The van der Waals surface area contributed by atoms with Crippen LogP contribution >= 0.6 is 0 Å². The summed E-state index contributed by atoms with van der Waals surface area (Å²) in [6.07, 6.45) is -3.60. The molecule has 8 heteroatoms. The van der Waals surface area contributed by atoms with Gasteiger partial charge in [-0.15, -0.1) is 0 Å². The lowest BCUT2D eigenvalue weighted by Gasteiger charge is -2.09. The number of hydrogen-bond acceptors (Lipinski definition) is 3. The van der Waals surface area contributed by atoms with E-state index in [1.807, 2.05) is 0 Å². The molecule has 0 atom stereocenters. The van der Waals surface area contributed by atoms with Crippen molar-refractivity contribution >= 4 is 23.3 Å². The lowest BCUT2D eigenvalue weighted by molar-refractivity contribution is -0.385. The summed E-state index contributed by atoms with van der Waals surface area (Å²) >= 11 is 0. The minimum Gasteiger partial charge on any atom is -0.478 e. The van der Waals surface area contributed by atoms with Crippen molar-refractivity contribution in [2.75, 3.05) is 0 Å². The van der Waals surface area contributed by atoms with Crippen LogP contribution in [0.4, 0.5) is 18.9 Å². The van der Waals surface area contributed by atoms with E-state index in [9.17, 15) is 33.2 Å². The highest BCUT2D eigenvalue weighted by molar-refractivity contribution is 6.21. The van der Waals surface area contributed by atoms with Crippen molar-refractivity contribution in [3.8, 4) is 0 Å². The number of rotatable bonds is 4. The monoisotopic (exact) mass is 337 g/mol. The first-order valence-corrected chi connectivity index (χ1v) is 6.56. The number of nitro benzene ring substituents is 1. The van der Waals surface area contributed by atoms with Crippen molar-refractivity contribution in [2.24, 2.45) is 0 Å². The molecule has 0 bridgehead atoms. The van der Waals surface area contributed by atoms with Gasteiger partial charge < -0.3 is 5.11 Å². The predicted molar refractivity (Wildman–Crippen MR) is 80.0 cm³/mol. The normalized spacial score (nSPS) is 12.0. The number of halogens is 3. The van der Waals surface area contributed by atoms with Crippen molar-refractivity contribution in [2.45, 2.75) is 6.18 Å². The van der Waals surface area contributed by atoms with Gasteiger partial charge in [0.1, 0.15) is 0 Å². The fourth-order valence-electron chi connectivity index (χ4n) is 2.06. The Kier molecular flexibility index (Phi) is 4.68. The van der Waals surface area contributed by atoms with Crippen LogP contribution in [0.5, 0.6) is 0 Å². The molecule has 2 aromatic carbocycles. The minimum atomic E-state index is -4.77. The number of carboxylic acid groups (broad SMARTS) is 1. The van der Waals surface area contributed by atoms with Crippen LogP contribution in [0.2, 0.25) is 0 Å². The molecule has 2 aromatic rings. The summed E-state index contributed by atoms with van der Waals surface area (Å²) in [5.41, 5.74) is -2.56. The highest BCUT2D eigenvalue weighted by Crippen LogP contribution is 2.35. The van der Waals surface area contributed by atoms with Crippen molar-refractivity contribution in [1.82, 2.24) is 0 Å². The second-order valence-electron chi connectivity index (χ2n) is 4.76. The Labute approximate surface area is 133 Å². The minimum absolute atomic E-state index is 0.330. The zero-order valence-corrected chi connectivity index (χ0v) is 11.9. The molecule has 0 aliphatic carbocycles. The number of carboxylic acids is 1. The first-order chi connectivity index (χ1) is 11.2. The van der Waals surface area contributed by atoms with E-state index in [0.717, 1.165) is 12.1 Å². The van der Waals surface area contributed by atoms with Gasteiger partial charge in [-0.25, -0.2) is 4.79 Å². The summed E-state index contributed by atoms with van der Waals surface area (Å²) in [6, 6.07) is 9.83. The molecule has 5 nitrogen and oxygen atoms in total. The van der Waals surface area contributed by atoms with E-state index >= 15 is 0 Å². The first-order valence-electron chi connectivity index (χ1n) is 6.56. The largest absolute Gasteiger partial charge is 0.478 e. The third kappa shape index (κ3) is 3.78. The second kappa shape index (κ2) is 6.53. The van der Waals surface area contributed by atoms with Crippen molar-refractivity contribution in [3.05, 3.63) is 75.3 Å². The standard InChI is InChI=1S/C16H10F3NO4/c17-16(18,19)11-6-7-12(14(9-11)20(23)24)13(15(21)22)8-10-4-2-1-3-5-10/h1-9H,(H,21,22)/b13-8-. The molecule has 0 aliphatic heterocycles. The molecule has 0 spiro atoms. The predicted octanol–water partition coefficient (Wildman–Crippen LogP) is 4.24. The van der Waals surface area contributed by atoms with Crippen LogP contribution in [0.1, 0.15) is 16.7 Å². The van der Waals surface area contributed by atoms with E-state index in [-0.39, 0.29) is 0 Å². The third-order valence-corrected chi connectivity index (χ3v) is 3.15. The molecule has 1 N–H and O–H groups in total. The fourth-order valence-corrected chi connectivity index (χ4v) is 2.06. The molecule has 0 saturated carbocycles. The number of carbonyl (C=O) groups is 1. The smallest absolute Gasteiger partial charge is 0.416 e. The Morgan fingerprint density at radius 3 is 2.25 bits per heavy atom. The fraction of sp³-hybridized carbons (Fsp3) is 0.0625. The summed E-state index contributed by atoms with van der Waals surface area (Å²) < 4.78 is 38.1. The van der Waals surface area contributed by atoms with Crippen LogP contribution in [0.25, 0.3) is 11.6 Å². The van der Waals surface area contributed by atoms with Gasteiger partial charge in [-0.1, -0.05) is 30.3 Å². The Balaban J connectivity index is 2.65. The average Bonchev–Trinajstić information content (AvgIpc) is 2.52. The zero-order valence-electron chi connectivity index (χ0n) is 11.9. The van der Waals surface area contributed by atoms with Gasteiger partial charge in [0, 0.05) is 6.07 Å². The van der Waals surface area contributed by atoms with Crippen molar-refractivity contribution < 1.29 is 28.0 Å². The van der Waals surface area contributed by atoms with E-state index in [2.05, 4.69) is 0 Å². The van der Waals surface area contributed by atoms with E-state index in [1.54, 1.807) is 30.3 Å². The highest BCUT2D eigenvalue weighted by Gasteiger charge is 2.34. The van der Waals surface area contributed by atoms with Gasteiger partial charge in [0.05, 0.1) is 21.6 Å². The number of aliphatic carboxylic acids is 1. The highest BCUT2D eigenvalue weighted by atomic mass is 19.4. The Hall–Kier alpha value is -3.16. The van der Waals surface area contributed by atoms with Crippen LogP contribution in [-0.4, -0.2) is 16.0 Å². The summed E-state index contributed by atoms with van der Waals surface area (Å²) in [7, 11) is 0. The number of nitrogens with zero attached hydrogens (tertiary/aromatic N) is 1. The number of nitro groups is 1. The molecule has 0 heterocycles. The molecule has 0 aromatic heterocycles. The molecule has 0 aliphatic rings. The molecular formula is C16H10F3NO4. The Morgan fingerprint density at radius 1 is 1.12 bits per heavy atom. The van der Waals surface area contributed by atoms with Crippen LogP contribution in [0.3, 0.4) is 0 Å². The van der Waals surface area contributed by atoms with Crippen LogP contribution in [-0.2, 0) is 11.0 Å². The van der Waals surface area contributed by atoms with Crippen molar-refractivity contribution in [1.29, 1.82) is 0 Å². The van der Waals surface area contributed by atoms with Gasteiger partial charge >= 0.3 is 12.1 Å². The molecule has 2 rings (SSSR count). The lowest BCUT2D eigenvalue weighted by Crippen LogP contribution is -2.08. The van der Waals surface area contributed by atoms with E-state index in [4.69, 9.17) is 0 Å². The van der Waals surface area contributed by atoms with Crippen LogP contribution < -0.4 is 0 Å². The number of alkyl halides is 3. The Bertz CT molecular complexity index is 814. The van der Waals surface area contributed by atoms with Gasteiger partial charge in [-0.2, -0.15) is 13.2 Å². The van der Waals surface area contributed by atoms with Gasteiger partial charge in [0.15, 0.2) is 0 Å². The van der Waals surface area contributed by atoms with E-state index < -0.39 is 39.5 Å². The first kappa shape index (κ1) is 17.2. The molecule has 0 saturated heterocycles. The van der Waals surface area contributed by atoms with E-state index in [0.29, 0.717) is 17.7 Å². The second-order valence-corrected chi connectivity index (χ2v) is 4.76.